The number of unbranched alkanes of at least 4 members (excludes halogenated alkanes) is 1. The van der Waals surface area contributed by atoms with Gasteiger partial charge in [-0.3, -0.25) is 4.79 Å². The molecule has 2 N–H and O–H groups in total. The van der Waals surface area contributed by atoms with Crippen molar-refractivity contribution in [2.75, 3.05) is 32.7 Å². The molecule has 2 aliphatic rings. The Morgan fingerprint density at radius 2 is 1.91 bits per heavy atom. The highest BCUT2D eigenvalue weighted by Gasteiger charge is 2.24. The van der Waals surface area contributed by atoms with Crippen molar-refractivity contribution in [3.8, 4) is 0 Å². The van der Waals surface area contributed by atoms with Crippen LogP contribution in [0.1, 0.15) is 58.8 Å². The van der Waals surface area contributed by atoms with E-state index < -0.39 is 0 Å². The van der Waals surface area contributed by atoms with Gasteiger partial charge < -0.3 is 15.5 Å². The quantitative estimate of drug-likeness (QED) is 0.759. The first kappa shape index (κ1) is 17.7. The third-order valence-corrected chi connectivity index (χ3v) is 5.48. The fraction of sp³-hybridized carbons (Fsp3) is 0.944. The fourth-order valence-electron chi connectivity index (χ4n) is 3.84. The molecule has 2 rings (SSSR count). The van der Waals surface area contributed by atoms with Crippen molar-refractivity contribution in [3.63, 3.8) is 0 Å². The molecule has 0 aromatic heterocycles. The summed E-state index contributed by atoms with van der Waals surface area (Å²) in [5.41, 5.74) is 0. The van der Waals surface area contributed by atoms with Crippen molar-refractivity contribution in [2.24, 2.45) is 11.8 Å². The lowest BCUT2D eigenvalue weighted by molar-refractivity contribution is -0.123. The normalized spacial score (nSPS) is 23.4. The third kappa shape index (κ3) is 5.88. The second-order valence-corrected chi connectivity index (χ2v) is 7.31. The number of hydrogen-bond acceptors (Lipinski definition) is 3. The van der Waals surface area contributed by atoms with Crippen LogP contribution in [0.3, 0.4) is 0 Å². The topological polar surface area (TPSA) is 44.4 Å². The number of rotatable bonds is 7. The molecule has 0 bridgehead atoms. The molecule has 1 unspecified atom stereocenters. The van der Waals surface area contributed by atoms with Gasteiger partial charge >= 0.3 is 0 Å². The molecular formula is C18H35N3O. The Hall–Kier alpha value is -0.610. The second kappa shape index (κ2) is 9.51. The van der Waals surface area contributed by atoms with Gasteiger partial charge in [0.25, 0.3) is 0 Å². The average molecular weight is 309 g/mol. The Morgan fingerprint density at radius 1 is 1.23 bits per heavy atom. The lowest BCUT2D eigenvalue weighted by Crippen LogP contribution is -2.45. The van der Waals surface area contributed by atoms with Crippen molar-refractivity contribution in [2.45, 2.75) is 64.8 Å². The molecule has 2 saturated heterocycles. The van der Waals surface area contributed by atoms with Crippen LogP contribution in [0.2, 0.25) is 0 Å². The minimum atomic E-state index is 0.276. The van der Waals surface area contributed by atoms with Gasteiger partial charge in [0.05, 0.1) is 0 Å². The van der Waals surface area contributed by atoms with Crippen LogP contribution in [0, 0.1) is 11.8 Å². The molecule has 0 aliphatic carbocycles. The zero-order valence-electron chi connectivity index (χ0n) is 14.6. The molecule has 4 heteroatoms. The lowest BCUT2D eigenvalue weighted by atomic mass is 9.84. The Morgan fingerprint density at radius 3 is 2.55 bits per heavy atom. The maximum atomic E-state index is 12.3. The molecule has 2 heterocycles. The standard InChI is InChI=1S/C18H35N3O/c1-3-4-11-21-12-7-17(8-13-21)20-18(22)14-15(2)16-5-9-19-10-6-16/h15-17,19H,3-14H2,1-2H3,(H,20,22). The summed E-state index contributed by atoms with van der Waals surface area (Å²) in [6, 6.07) is 0.408. The zero-order chi connectivity index (χ0) is 15.8. The predicted octanol–water partition coefficient (Wildman–Crippen LogP) is 2.39. The average Bonchev–Trinajstić information content (AvgIpc) is 2.55. The highest BCUT2D eigenvalue weighted by Crippen LogP contribution is 2.24. The van der Waals surface area contributed by atoms with E-state index in [4.69, 9.17) is 0 Å². The number of likely N-dealkylation sites (tertiary alicyclic amines) is 1. The van der Waals surface area contributed by atoms with Gasteiger partial charge in [-0.05, 0) is 63.6 Å². The Bertz CT molecular complexity index is 320. The molecule has 128 valence electrons. The zero-order valence-corrected chi connectivity index (χ0v) is 14.6. The maximum Gasteiger partial charge on any atom is 0.220 e. The number of piperidine rings is 2. The van der Waals surface area contributed by atoms with Gasteiger partial charge in [-0.15, -0.1) is 0 Å². The minimum absolute atomic E-state index is 0.276. The van der Waals surface area contributed by atoms with Crippen LogP contribution in [0.5, 0.6) is 0 Å². The van der Waals surface area contributed by atoms with Gasteiger partial charge in [0.1, 0.15) is 0 Å². The number of hydrogen-bond donors (Lipinski definition) is 2. The summed E-state index contributed by atoms with van der Waals surface area (Å²) < 4.78 is 0. The largest absolute Gasteiger partial charge is 0.353 e. The minimum Gasteiger partial charge on any atom is -0.353 e. The van der Waals surface area contributed by atoms with Crippen LogP contribution in [0.15, 0.2) is 0 Å². The Kier molecular flexibility index (Phi) is 7.67. The Labute approximate surface area is 136 Å². The van der Waals surface area contributed by atoms with Crippen molar-refractivity contribution in [1.29, 1.82) is 0 Å². The van der Waals surface area contributed by atoms with E-state index >= 15 is 0 Å². The molecule has 4 nitrogen and oxygen atoms in total. The van der Waals surface area contributed by atoms with Crippen LogP contribution in [-0.2, 0) is 4.79 Å². The molecule has 0 aromatic rings. The molecule has 0 radical (unpaired) electrons. The van der Waals surface area contributed by atoms with Crippen molar-refractivity contribution in [3.05, 3.63) is 0 Å². The molecule has 0 spiro atoms. The summed E-state index contributed by atoms with van der Waals surface area (Å²) in [6.07, 6.45) is 7.97. The van der Waals surface area contributed by atoms with Crippen LogP contribution in [0.25, 0.3) is 0 Å². The van der Waals surface area contributed by atoms with Crippen molar-refractivity contribution >= 4 is 5.91 Å². The van der Waals surface area contributed by atoms with E-state index in [0.29, 0.717) is 18.4 Å². The highest BCUT2D eigenvalue weighted by molar-refractivity contribution is 5.76. The van der Waals surface area contributed by atoms with E-state index in [0.717, 1.165) is 44.9 Å². The van der Waals surface area contributed by atoms with Crippen LogP contribution >= 0.6 is 0 Å². The fourth-order valence-corrected chi connectivity index (χ4v) is 3.84. The summed E-state index contributed by atoms with van der Waals surface area (Å²) in [6.45, 7) is 10.3. The summed E-state index contributed by atoms with van der Waals surface area (Å²) in [5, 5.41) is 6.69. The number of amides is 1. The molecule has 1 atom stereocenters. The van der Waals surface area contributed by atoms with Crippen molar-refractivity contribution < 1.29 is 4.79 Å². The molecular weight excluding hydrogens is 274 g/mol. The summed E-state index contributed by atoms with van der Waals surface area (Å²) in [7, 11) is 0. The van der Waals surface area contributed by atoms with E-state index in [2.05, 4.69) is 29.4 Å². The molecule has 22 heavy (non-hydrogen) atoms. The smallest absolute Gasteiger partial charge is 0.220 e. The molecule has 2 aliphatic heterocycles. The molecule has 2 fully saturated rings. The van der Waals surface area contributed by atoms with E-state index in [1.165, 1.54) is 32.2 Å². The van der Waals surface area contributed by atoms with Gasteiger partial charge in [-0.2, -0.15) is 0 Å². The van der Waals surface area contributed by atoms with E-state index in [-0.39, 0.29) is 5.91 Å². The molecule has 1 amide bonds. The van der Waals surface area contributed by atoms with E-state index in [9.17, 15) is 4.79 Å². The van der Waals surface area contributed by atoms with Crippen molar-refractivity contribution in [1.82, 2.24) is 15.5 Å². The first-order valence-electron chi connectivity index (χ1n) is 9.41. The molecule has 0 aromatic carbocycles. The summed E-state index contributed by atoms with van der Waals surface area (Å²) >= 11 is 0. The number of carbonyl (C=O) groups excluding carboxylic acids is 1. The summed E-state index contributed by atoms with van der Waals surface area (Å²) in [4.78, 5) is 14.8. The van der Waals surface area contributed by atoms with Gasteiger partial charge in [0.2, 0.25) is 5.91 Å². The molecule has 0 saturated carbocycles. The van der Waals surface area contributed by atoms with Crippen LogP contribution in [0.4, 0.5) is 0 Å². The SMILES string of the molecule is CCCCN1CCC(NC(=O)CC(C)C2CCNCC2)CC1. The third-order valence-electron chi connectivity index (χ3n) is 5.48. The lowest BCUT2D eigenvalue weighted by Gasteiger charge is -2.33. The van der Waals surface area contributed by atoms with E-state index in [1.54, 1.807) is 0 Å². The summed E-state index contributed by atoms with van der Waals surface area (Å²) in [5.74, 6) is 1.52. The van der Waals surface area contributed by atoms with Crippen LogP contribution < -0.4 is 10.6 Å². The van der Waals surface area contributed by atoms with Gasteiger partial charge in [0, 0.05) is 25.6 Å². The van der Waals surface area contributed by atoms with E-state index in [1.807, 2.05) is 0 Å². The Balaban J connectivity index is 1.63. The first-order valence-corrected chi connectivity index (χ1v) is 9.41. The highest BCUT2D eigenvalue weighted by atomic mass is 16.1. The maximum absolute atomic E-state index is 12.3. The second-order valence-electron chi connectivity index (χ2n) is 7.31. The first-order chi connectivity index (χ1) is 10.7. The predicted molar refractivity (Wildman–Crippen MR) is 91.9 cm³/mol. The van der Waals surface area contributed by atoms with Gasteiger partial charge in [-0.25, -0.2) is 0 Å². The monoisotopic (exact) mass is 309 g/mol. The van der Waals surface area contributed by atoms with Gasteiger partial charge in [-0.1, -0.05) is 20.3 Å². The number of carbonyl (C=O) groups is 1. The number of nitrogens with one attached hydrogen (secondary N) is 2. The van der Waals surface area contributed by atoms with Gasteiger partial charge in [0.15, 0.2) is 0 Å². The number of nitrogens with zero attached hydrogens (tertiary/aromatic N) is 1. The van der Waals surface area contributed by atoms with Crippen LogP contribution in [-0.4, -0.2) is 49.6 Å².